The Hall–Kier alpha value is -3.15. The second kappa shape index (κ2) is 10.4. The molecule has 7 nitrogen and oxygen atoms in total. The molecule has 0 aliphatic carbocycles. The lowest BCUT2D eigenvalue weighted by molar-refractivity contribution is 0.301. The van der Waals surface area contributed by atoms with Gasteiger partial charge in [0, 0.05) is 16.6 Å². The molecule has 0 saturated carbocycles. The van der Waals surface area contributed by atoms with E-state index < -0.39 is 10.0 Å². The highest BCUT2D eigenvalue weighted by Gasteiger charge is 2.25. The van der Waals surface area contributed by atoms with Crippen LogP contribution in [0.25, 0.3) is 0 Å². The van der Waals surface area contributed by atoms with E-state index >= 15 is 0 Å². The quantitative estimate of drug-likeness (QED) is 0.433. The van der Waals surface area contributed by atoms with Crippen molar-refractivity contribution in [1.82, 2.24) is 9.97 Å². The molecular weight excluding hydrogens is 472 g/mol. The van der Waals surface area contributed by atoms with Gasteiger partial charge in [0.15, 0.2) is 0 Å². The van der Waals surface area contributed by atoms with Crippen molar-refractivity contribution in [2.45, 2.75) is 45.6 Å². The number of nitrogens with one attached hydrogen (secondary N) is 1. The number of halogens is 1. The molecule has 1 aromatic heterocycles. The fourth-order valence-corrected chi connectivity index (χ4v) is 4.33. The summed E-state index contributed by atoms with van der Waals surface area (Å²) in [5.74, 6) is 0.644. The van der Waals surface area contributed by atoms with E-state index in [1.54, 1.807) is 6.07 Å². The normalized spacial score (nSPS) is 11.6. The van der Waals surface area contributed by atoms with Crippen molar-refractivity contribution in [1.29, 1.82) is 5.26 Å². The summed E-state index contributed by atoms with van der Waals surface area (Å²) >= 11 is 6.54. The van der Waals surface area contributed by atoms with Crippen LogP contribution in [-0.4, -0.2) is 24.6 Å². The average Bonchev–Trinajstić information content (AvgIpc) is 2.78. The van der Waals surface area contributed by atoms with Gasteiger partial charge in [0.05, 0.1) is 23.6 Å². The molecule has 9 heteroatoms. The third-order valence-electron chi connectivity index (χ3n) is 5.49. The van der Waals surface area contributed by atoms with E-state index in [1.165, 1.54) is 6.20 Å². The van der Waals surface area contributed by atoms with Gasteiger partial charge in [-0.1, -0.05) is 50.9 Å². The lowest BCUT2D eigenvalue weighted by Crippen LogP contribution is -2.19. The predicted molar refractivity (Wildman–Crippen MR) is 134 cm³/mol. The molecule has 3 rings (SSSR count). The van der Waals surface area contributed by atoms with Gasteiger partial charge < -0.3 is 4.74 Å². The van der Waals surface area contributed by atoms with Crippen LogP contribution in [0.1, 0.15) is 55.1 Å². The molecule has 1 N–H and O–H groups in total. The molecule has 0 bridgehead atoms. The molecule has 0 spiro atoms. The third-order valence-corrected chi connectivity index (χ3v) is 6.38. The first kappa shape index (κ1) is 25.5. The minimum absolute atomic E-state index is 0.000974. The molecule has 0 aliphatic heterocycles. The van der Waals surface area contributed by atoms with Crippen LogP contribution < -0.4 is 9.46 Å². The highest BCUT2D eigenvalue weighted by molar-refractivity contribution is 7.91. The lowest BCUT2D eigenvalue weighted by atomic mass is 9.77. The molecule has 3 aromatic rings. The Labute approximate surface area is 205 Å². The van der Waals surface area contributed by atoms with Gasteiger partial charge in [0.2, 0.25) is 16.0 Å². The molecule has 0 fully saturated rings. The summed E-state index contributed by atoms with van der Waals surface area (Å²) < 4.78 is 30.8. The van der Waals surface area contributed by atoms with Crippen molar-refractivity contribution in [3.63, 3.8) is 0 Å². The zero-order chi connectivity index (χ0) is 24.9. The fourth-order valence-electron chi connectivity index (χ4n) is 3.58. The van der Waals surface area contributed by atoms with Crippen molar-refractivity contribution < 1.29 is 13.2 Å². The van der Waals surface area contributed by atoms with Crippen LogP contribution in [0.5, 0.6) is 5.75 Å². The van der Waals surface area contributed by atoms with Gasteiger partial charge in [-0.3, -0.25) is 4.72 Å². The maximum atomic E-state index is 11.4. The summed E-state index contributed by atoms with van der Waals surface area (Å²) in [5, 5.41) is 10.2. The van der Waals surface area contributed by atoms with Gasteiger partial charge in [-0.05, 0) is 53.4 Å². The van der Waals surface area contributed by atoms with Crippen molar-refractivity contribution in [3.05, 3.63) is 81.6 Å². The highest BCUT2D eigenvalue weighted by atomic mass is 35.5. The molecule has 34 heavy (non-hydrogen) atoms. The number of aromatic nitrogens is 2. The zero-order valence-corrected chi connectivity index (χ0v) is 21.2. The molecule has 0 saturated heterocycles. The number of nitrogens with zero attached hydrogens (tertiary/aromatic N) is 3. The van der Waals surface area contributed by atoms with Gasteiger partial charge in [-0.15, -0.1) is 0 Å². The summed E-state index contributed by atoms with van der Waals surface area (Å²) in [6, 6.07) is 15.5. The number of ether oxygens (including phenoxy) is 1. The minimum atomic E-state index is -3.46. The largest absolute Gasteiger partial charge is 0.487 e. The van der Waals surface area contributed by atoms with Gasteiger partial charge in [-0.2, -0.15) is 5.26 Å². The molecule has 0 unspecified atom stereocenters. The smallest absolute Gasteiger partial charge is 0.236 e. The standard InChI is InChI=1S/C25H27ClN4O3S/c1-5-6-22-17(15-27)13-19(14-23(22)26)25(2,3)18-7-9-21(10-8-18)33-16-20-11-12-28-24(29-20)30-34(4,31)32/h7-14H,5-6,16H2,1-4H3,(H,28,29,30). The van der Waals surface area contributed by atoms with Crippen LogP contribution in [-0.2, 0) is 28.5 Å². The van der Waals surface area contributed by atoms with Crippen LogP contribution in [0.15, 0.2) is 48.7 Å². The topological polar surface area (TPSA) is 105 Å². The first-order valence-corrected chi connectivity index (χ1v) is 13.1. The van der Waals surface area contributed by atoms with Crippen LogP contribution in [0.4, 0.5) is 5.95 Å². The van der Waals surface area contributed by atoms with Gasteiger partial charge in [0.25, 0.3) is 0 Å². The molecule has 0 atom stereocenters. The van der Waals surface area contributed by atoms with Crippen molar-refractivity contribution in [2.24, 2.45) is 0 Å². The van der Waals surface area contributed by atoms with Crippen LogP contribution in [0.3, 0.4) is 0 Å². The average molecular weight is 499 g/mol. The number of hydrogen-bond donors (Lipinski definition) is 1. The SMILES string of the molecule is CCCc1c(Cl)cc(C(C)(C)c2ccc(OCc3ccnc(NS(C)(=O)=O)n3)cc2)cc1C#N. The Morgan fingerprint density at radius 1 is 1.15 bits per heavy atom. The lowest BCUT2D eigenvalue weighted by Gasteiger charge is -2.27. The van der Waals surface area contributed by atoms with Crippen molar-refractivity contribution >= 4 is 27.6 Å². The minimum Gasteiger partial charge on any atom is -0.487 e. The van der Waals surface area contributed by atoms with Crippen molar-refractivity contribution in [3.8, 4) is 11.8 Å². The Bertz CT molecular complexity index is 1320. The monoisotopic (exact) mass is 498 g/mol. The zero-order valence-electron chi connectivity index (χ0n) is 19.6. The summed E-state index contributed by atoms with van der Waals surface area (Å²) in [6.45, 7) is 6.40. The highest BCUT2D eigenvalue weighted by Crippen LogP contribution is 2.36. The summed E-state index contributed by atoms with van der Waals surface area (Å²) in [4.78, 5) is 8.04. The molecule has 178 valence electrons. The Morgan fingerprint density at radius 2 is 1.85 bits per heavy atom. The number of rotatable bonds is 9. The number of hydrogen-bond acceptors (Lipinski definition) is 6. The van der Waals surface area contributed by atoms with E-state index in [0.29, 0.717) is 22.0 Å². The molecule has 0 aliphatic rings. The molecule has 0 amide bonds. The second-order valence-electron chi connectivity index (χ2n) is 8.53. The van der Waals surface area contributed by atoms with E-state index in [0.717, 1.165) is 35.8 Å². The number of sulfonamides is 1. The van der Waals surface area contributed by atoms with E-state index in [-0.39, 0.29) is 18.0 Å². The predicted octanol–water partition coefficient (Wildman–Crippen LogP) is 5.23. The van der Waals surface area contributed by atoms with Gasteiger partial charge in [-0.25, -0.2) is 18.4 Å². The molecule has 2 aromatic carbocycles. The Morgan fingerprint density at radius 3 is 2.47 bits per heavy atom. The summed E-state index contributed by atoms with van der Waals surface area (Å²) in [7, 11) is -3.46. The first-order valence-electron chi connectivity index (χ1n) is 10.8. The van der Waals surface area contributed by atoms with E-state index in [9.17, 15) is 13.7 Å². The Kier molecular flexibility index (Phi) is 7.80. The van der Waals surface area contributed by atoms with Gasteiger partial charge >= 0.3 is 0 Å². The number of benzene rings is 2. The van der Waals surface area contributed by atoms with E-state index in [2.05, 4.69) is 41.5 Å². The van der Waals surface area contributed by atoms with Crippen LogP contribution in [0.2, 0.25) is 5.02 Å². The number of nitriles is 1. The van der Waals surface area contributed by atoms with Crippen molar-refractivity contribution in [2.75, 3.05) is 11.0 Å². The first-order chi connectivity index (χ1) is 16.0. The maximum absolute atomic E-state index is 11.4. The molecular formula is C25H27ClN4O3S. The van der Waals surface area contributed by atoms with Crippen LogP contribution in [0, 0.1) is 11.3 Å². The third kappa shape index (κ3) is 6.25. The van der Waals surface area contributed by atoms with Gasteiger partial charge in [0.1, 0.15) is 12.4 Å². The summed E-state index contributed by atoms with van der Waals surface area (Å²) in [6.07, 6.45) is 4.20. The van der Waals surface area contributed by atoms with E-state index in [4.69, 9.17) is 16.3 Å². The maximum Gasteiger partial charge on any atom is 0.236 e. The molecule has 0 radical (unpaired) electrons. The summed E-state index contributed by atoms with van der Waals surface area (Å²) in [5.41, 5.74) is 3.69. The Balaban J connectivity index is 1.76. The van der Waals surface area contributed by atoms with Crippen LogP contribution >= 0.6 is 11.6 Å². The van der Waals surface area contributed by atoms with E-state index in [1.807, 2.05) is 36.4 Å². The fraction of sp³-hybridized carbons (Fsp3) is 0.320. The second-order valence-corrected chi connectivity index (χ2v) is 10.7. The molecule has 1 heterocycles. The number of anilines is 1.